The van der Waals surface area contributed by atoms with E-state index >= 15 is 0 Å². The van der Waals surface area contributed by atoms with Crippen molar-refractivity contribution in [3.05, 3.63) is 0 Å². The molecule has 2 heteroatoms. The molecule has 0 amide bonds. The van der Waals surface area contributed by atoms with Gasteiger partial charge in [-0.3, -0.25) is 4.79 Å². The van der Waals surface area contributed by atoms with Gasteiger partial charge < -0.3 is 4.74 Å². The van der Waals surface area contributed by atoms with E-state index in [9.17, 15) is 4.79 Å². The molecule has 0 aromatic rings. The highest BCUT2D eigenvalue weighted by Crippen LogP contribution is 2.32. The van der Waals surface area contributed by atoms with Gasteiger partial charge in [-0.05, 0) is 13.3 Å². The summed E-state index contributed by atoms with van der Waals surface area (Å²) in [6.45, 7) is 4.48. The van der Waals surface area contributed by atoms with E-state index < -0.39 is 0 Å². The average molecular weight is 166 g/mol. The molecule has 0 N–H and O–H groups in total. The smallest absolute Gasteiger partial charge is 0.312 e. The molecule has 1 atom stereocenters. The molecular formula is C10H14O2. The Morgan fingerprint density at radius 2 is 2.33 bits per heavy atom. The van der Waals surface area contributed by atoms with Crippen molar-refractivity contribution in [2.45, 2.75) is 33.1 Å². The molecule has 1 fully saturated rings. The van der Waals surface area contributed by atoms with Crippen LogP contribution >= 0.6 is 0 Å². The van der Waals surface area contributed by atoms with Crippen LogP contribution in [0.3, 0.4) is 0 Å². The molecule has 12 heavy (non-hydrogen) atoms. The second-order valence-electron chi connectivity index (χ2n) is 3.33. The van der Waals surface area contributed by atoms with Crippen LogP contribution in [-0.4, -0.2) is 12.6 Å². The van der Waals surface area contributed by atoms with Crippen molar-refractivity contribution in [1.29, 1.82) is 0 Å². The second kappa shape index (κ2) is 3.62. The Labute approximate surface area is 73.3 Å². The van der Waals surface area contributed by atoms with Crippen LogP contribution in [0.4, 0.5) is 0 Å². The third-order valence-corrected chi connectivity index (χ3v) is 2.16. The van der Waals surface area contributed by atoms with Gasteiger partial charge in [0.05, 0.1) is 12.0 Å². The molecule has 0 radical (unpaired) electrons. The zero-order valence-electron chi connectivity index (χ0n) is 7.64. The maximum Gasteiger partial charge on any atom is 0.312 e. The van der Waals surface area contributed by atoms with Gasteiger partial charge in [0.25, 0.3) is 0 Å². The van der Waals surface area contributed by atoms with Crippen molar-refractivity contribution in [1.82, 2.24) is 0 Å². The van der Waals surface area contributed by atoms with Gasteiger partial charge in [-0.25, -0.2) is 0 Å². The van der Waals surface area contributed by atoms with E-state index in [4.69, 9.17) is 4.74 Å². The van der Waals surface area contributed by atoms with E-state index in [0.717, 1.165) is 12.8 Å². The number of carbonyl (C=O) groups is 1. The van der Waals surface area contributed by atoms with Gasteiger partial charge in [0.2, 0.25) is 0 Å². The minimum absolute atomic E-state index is 0.0899. The Bertz CT molecular complexity index is 234. The standard InChI is InChI=1S/C10H14O2/c1-3-4-5-6-10(2)7-8-12-9(10)11/h3,6-8H2,1-2H3. The minimum atomic E-state index is -0.331. The molecule has 1 unspecified atom stereocenters. The molecule has 1 saturated heterocycles. The first-order valence-electron chi connectivity index (χ1n) is 4.32. The fraction of sp³-hybridized carbons (Fsp3) is 0.700. The summed E-state index contributed by atoms with van der Waals surface area (Å²) in [5.41, 5.74) is -0.331. The summed E-state index contributed by atoms with van der Waals surface area (Å²) in [6, 6.07) is 0. The highest BCUT2D eigenvalue weighted by molar-refractivity contribution is 5.78. The summed E-state index contributed by atoms with van der Waals surface area (Å²) in [7, 11) is 0. The summed E-state index contributed by atoms with van der Waals surface area (Å²) in [5, 5.41) is 0. The zero-order valence-corrected chi connectivity index (χ0v) is 7.64. The van der Waals surface area contributed by atoms with Crippen LogP contribution in [0.25, 0.3) is 0 Å². The molecule has 0 aliphatic carbocycles. The topological polar surface area (TPSA) is 26.3 Å². The lowest BCUT2D eigenvalue weighted by molar-refractivity contribution is -0.145. The number of ether oxygens (including phenoxy) is 1. The Kier molecular flexibility index (Phi) is 2.75. The van der Waals surface area contributed by atoms with Crippen LogP contribution < -0.4 is 0 Å². The minimum Gasteiger partial charge on any atom is -0.465 e. The first-order valence-corrected chi connectivity index (χ1v) is 4.32. The Morgan fingerprint density at radius 1 is 1.58 bits per heavy atom. The van der Waals surface area contributed by atoms with E-state index in [-0.39, 0.29) is 11.4 Å². The molecule has 66 valence electrons. The van der Waals surface area contributed by atoms with E-state index in [0.29, 0.717) is 13.0 Å². The Morgan fingerprint density at radius 3 is 2.83 bits per heavy atom. The molecular weight excluding hydrogens is 152 g/mol. The molecule has 0 bridgehead atoms. The molecule has 1 rings (SSSR count). The molecule has 0 saturated carbocycles. The van der Waals surface area contributed by atoms with Gasteiger partial charge in [-0.1, -0.05) is 6.92 Å². The van der Waals surface area contributed by atoms with Crippen molar-refractivity contribution in [2.24, 2.45) is 5.41 Å². The normalized spacial score (nSPS) is 27.7. The summed E-state index contributed by atoms with van der Waals surface area (Å²) in [6.07, 6.45) is 2.30. The Balaban J connectivity index is 2.54. The lowest BCUT2D eigenvalue weighted by Crippen LogP contribution is -2.21. The van der Waals surface area contributed by atoms with Gasteiger partial charge in [-0.2, -0.15) is 0 Å². The fourth-order valence-electron chi connectivity index (χ4n) is 1.19. The van der Waals surface area contributed by atoms with Gasteiger partial charge in [-0.15, -0.1) is 11.8 Å². The van der Waals surface area contributed by atoms with Crippen LogP contribution in [0.5, 0.6) is 0 Å². The lowest BCUT2D eigenvalue weighted by atomic mass is 9.86. The Hall–Kier alpha value is -0.970. The number of carbonyl (C=O) groups excluding carboxylic acids is 1. The SMILES string of the molecule is CCC#CCC1(C)CCOC1=O. The van der Waals surface area contributed by atoms with Gasteiger partial charge in [0, 0.05) is 12.8 Å². The second-order valence-corrected chi connectivity index (χ2v) is 3.33. The molecule has 1 aliphatic rings. The van der Waals surface area contributed by atoms with E-state index in [1.165, 1.54) is 0 Å². The summed E-state index contributed by atoms with van der Waals surface area (Å²) in [4.78, 5) is 11.2. The van der Waals surface area contributed by atoms with Gasteiger partial charge in [0.15, 0.2) is 0 Å². The lowest BCUT2D eigenvalue weighted by Gasteiger charge is -2.13. The highest BCUT2D eigenvalue weighted by atomic mass is 16.5. The van der Waals surface area contributed by atoms with E-state index in [1.54, 1.807) is 0 Å². The van der Waals surface area contributed by atoms with Crippen LogP contribution in [-0.2, 0) is 9.53 Å². The maximum absolute atomic E-state index is 11.2. The first-order chi connectivity index (χ1) is 5.69. The monoisotopic (exact) mass is 166 g/mol. The fourth-order valence-corrected chi connectivity index (χ4v) is 1.19. The maximum atomic E-state index is 11.2. The predicted octanol–water partition coefficient (Wildman–Crippen LogP) is 1.74. The molecule has 0 aromatic heterocycles. The molecule has 1 heterocycles. The highest BCUT2D eigenvalue weighted by Gasteiger charge is 2.38. The number of cyclic esters (lactones) is 1. The zero-order chi connectivity index (χ0) is 9.03. The van der Waals surface area contributed by atoms with Crippen LogP contribution in [0.2, 0.25) is 0 Å². The number of rotatable bonds is 1. The van der Waals surface area contributed by atoms with E-state index in [1.807, 2.05) is 13.8 Å². The largest absolute Gasteiger partial charge is 0.465 e. The van der Waals surface area contributed by atoms with Crippen LogP contribution in [0.15, 0.2) is 0 Å². The number of esters is 1. The van der Waals surface area contributed by atoms with Crippen molar-refractivity contribution in [3.63, 3.8) is 0 Å². The van der Waals surface area contributed by atoms with Gasteiger partial charge >= 0.3 is 5.97 Å². The third kappa shape index (κ3) is 1.79. The molecule has 0 spiro atoms. The van der Waals surface area contributed by atoms with E-state index in [2.05, 4.69) is 11.8 Å². The van der Waals surface area contributed by atoms with Crippen molar-refractivity contribution >= 4 is 5.97 Å². The van der Waals surface area contributed by atoms with Gasteiger partial charge in [0.1, 0.15) is 0 Å². The van der Waals surface area contributed by atoms with Crippen LogP contribution in [0.1, 0.15) is 33.1 Å². The molecule has 0 aromatic carbocycles. The number of hydrogen-bond acceptors (Lipinski definition) is 2. The van der Waals surface area contributed by atoms with Crippen LogP contribution in [0, 0.1) is 17.3 Å². The summed E-state index contributed by atoms with van der Waals surface area (Å²) >= 11 is 0. The molecule has 1 aliphatic heterocycles. The number of hydrogen-bond donors (Lipinski definition) is 0. The predicted molar refractivity (Wildman–Crippen MR) is 46.4 cm³/mol. The van der Waals surface area contributed by atoms with Crippen molar-refractivity contribution in [3.8, 4) is 11.8 Å². The summed E-state index contributed by atoms with van der Waals surface area (Å²) < 4.78 is 4.89. The first kappa shape index (κ1) is 9.12. The summed E-state index contributed by atoms with van der Waals surface area (Å²) in [5.74, 6) is 5.87. The van der Waals surface area contributed by atoms with Crippen molar-refractivity contribution < 1.29 is 9.53 Å². The quantitative estimate of drug-likeness (QED) is 0.438. The third-order valence-electron chi connectivity index (χ3n) is 2.16. The average Bonchev–Trinajstić information content (AvgIpc) is 2.34. The molecule has 2 nitrogen and oxygen atoms in total. The van der Waals surface area contributed by atoms with Crippen molar-refractivity contribution in [2.75, 3.05) is 6.61 Å².